The van der Waals surface area contributed by atoms with Gasteiger partial charge in [-0.3, -0.25) is 4.79 Å². The smallest absolute Gasteiger partial charge is 0.417 e. The number of cyclic esters (lactones) is 1. The predicted molar refractivity (Wildman–Crippen MR) is 104 cm³/mol. The fourth-order valence-corrected chi connectivity index (χ4v) is 3.61. The first-order valence-electron chi connectivity index (χ1n) is 9.16. The Morgan fingerprint density at radius 2 is 1.74 bits per heavy atom. The number of rotatable bonds is 4. The fraction of sp³-hybridized carbons (Fsp3) is 0.217. The van der Waals surface area contributed by atoms with E-state index in [2.05, 4.69) is 30.3 Å². The molecule has 1 heterocycles. The fourth-order valence-electron chi connectivity index (χ4n) is 3.61. The second-order valence-electron chi connectivity index (χ2n) is 6.98. The van der Waals surface area contributed by atoms with Crippen LogP contribution in [0.5, 0.6) is 0 Å². The van der Waals surface area contributed by atoms with Crippen LogP contribution in [-0.2, 0) is 9.53 Å². The molecular weight excluding hydrogens is 338 g/mol. The topological polar surface area (TPSA) is 46.6 Å². The third-order valence-electron chi connectivity index (χ3n) is 5.15. The molecule has 4 rings (SSSR count). The Hall–Kier alpha value is -3.14. The number of ether oxygens (including phenoxy) is 1. The minimum atomic E-state index is -0.556. The van der Waals surface area contributed by atoms with Gasteiger partial charge in [0.1, 0.15) is 12.6 Å². The van der Waals surface area contributed by atoms with Gasteiger partial charge in [-0.1, -0.05) is 79.7 Å². The van der Waals surface area contributed by atoms with E-state index in [1.807, 2.05) is 49.4 Å². The lowest BCUT2D eigenvalue weighted by Crippen LogP contribution is -2.34. The molecule has 0 aromatic heterocycles. The van der Waals surface area contributed by atoms with Crippen molar-refractivity contribution in [3.63, 3.8) is 0 Å². The van der Waals surface area contributed by atoms with Crippen LogP contribution in [0, 0.1) is 0 Å². The maximum Gasteiger partial charge on any atom is 0.417 e. The van der Waals surface area contributed by atoms with E-state index in [-0.39, 0.29) is 30.9 Å². The highest BCUT2D eigenvalue weighted by molar-refractivity contribution is 5.94. The number of hydrogen-bond donors (Lipinski definition) is 0. The van der Waals surface area contributed by atoms with Crippen LogP contribution in [-0.4, -0.2) is 23.5 Å². The van der Waals surface area contributed by atoms with E-state index in [1.165, 1.54) is 10.3 Å². The number of nitrogens with zero attached hydrogens (tertiary/aromatic N) is 1. The summed E-state index contributed by atoms with van der Waals surface area (Å²) in [5, 5.41) is 2.32. The van der Waals surface area contributed by atoms with E-state index in [9.17, 15) is 9.59 Å². The summed E-state index contributed by atoms with van der Waals surface area (Å²) in [6.45, 7) is 2.22. The number of benzene rings is 3. The van der Waals surface area contributed by atoms with Gasteiger partial charge in [0.2, 0.25) is 5.91 Å². The zero-order valence-electron chi connectivity index (χ0n) is 15.2. The third kappa shape index (κ3) is 3.43. The van der Waals surface area contributed by atoms with Crippen molar-refractivity contribution in [1.29, 1.82) is 0 Å². The molecule has 3 aromatic rings. The predicted octanol–water partition coefficient (Wildman–Crippen LogP) is 5.05. The van der Waals surface area contributed by atoms with Gasteiger partial charge in [-0.2, -0.15) is 0 Å². The summed E-state index contributed by atoms with van der Waals surface area (Å²) in [5.74, 6) is -0.195. The Balaban J connectivity index is 1.53. The van der Waals surface area contributed by atoms with E-state index >= 15 is 0 Å². The SMILES string of the molecule is CC(CC(=O)N1C(=O)OCC1c1ccccc1)c1ccc2ccccc2c1. The van der Waals surface area contributed by atoms with Gasteiger partial charge in [0.05, 0.1) is 0 Å². The van der Waals surface area contributed by atoms with Gasteiger partial charge in [-0.25, -0.2) is 9.69 Å². The van der Waals surface area contributed by atoms with E-state index < -0.39 is 6.09 Å². The van der Waals surface area contributed by atoms with E-state index in [0.717, 1.165) is 16.5 Å². The molecule has 4 nitrogen and oxygen atoms in total. The molecule has 0 radical (unpaired) electrons. The summed E-state index contributed by atoms with van der Waals surface area (Å²) >= 11 is 0. The Bertz CT molecular complexity index is 983. The van der Waals surface area contributed by atoms with Crippen molar-refractivity contribution in [2.45, 2.75) is 25.3 Å². The maximum absolute atomic E-state index is 12.9. The van der Waals surface area contributed by atoms with Crippen LogP contribution in [0.1, 0.15) is 36.4 Å². The van der Waals surface area contributed by atoms with Gasteiger partial charge in [0.15, 0.2) is 0 Å². The summed E-state index contributed by atoms with van der Waals surface area (Å²) < 4.78 is 5.16. The molecule has 2 amide bonds. The lowest BCUT2D eigenvalue weighted by atomic mass is 9.94. The molecule has 2 unspecified atom stereocenters. The number of carbonyl (C=O) groups is 2. The molecular formula is C23H21NO3. The van der Waals surface area contributed by atoms with Crippen LogP contribution in [0.3, 0.4) is 0 Å². The van der Waals surface area contributed by atoms with E-state index in [4.69, 9.17) is 4.74 Å². The van der Waals surface area contributed by atoms with Crippen LogP contribution in [0.15, 0.2) is 72.8 Å². The monoisotopic (exact) mass is 359 g/mol. The second kappa shape index (κ2) is 7.23. The summed E-state index contributed by atoms with van der Waals surface area (Å²) in [6.07, 6.45) is -0.295. The average Bonchev–Trinajstić information content (AvgIpc) is 3.09. The van der Waals surface area contributed by atoms with Gasteiger partial charge in [0.25, 0.3) is 0 Å². The summed E-state index contributed by atoms with van der Waals surface area (Å²) in [4.78, 5) is 26.4. The number of amides is 2. The molecule has 1 aliphatic heterocycles. The van der Waals surface area contributed by atoms with Gasteiger partial charge < -0.3 is 4.74 Å². The number of imide groups is 1. The average molecular weight is 359 g/mol. The summed E-state index contributed by atoms with van der Waals surface area (Å²) in [5.41, 5.74) is 2.00. The zero-order valence-corrected chi connectivity index (χ0v) is 15.2. The summed E-state index contributed by atoms with van der Waals surface area (Å²) in [6, 6.07) is 23.6. The first kappa shape index (κ1) is 17.3. The molecule has 0 saturated carbocycles. The van der Waals surface area contributed by atoms with E-state index in [1.54, 1.807) is 0 Å². The molecule has 27 heavy (non-hydrogen) atoms. The maximum atomic E-state index is 12.9. The van der Waals surface area contributed by atoms with Crippen LogP contribution in [0.2, 0.25) is 0 Å². The van der Waals surface area contributed by atoms with Gasteiger partial charge in [0, 0.05) is 6.42 Å². The molecule has 0 N–H and O–H groups in total. The minimum Gasteiger partial charge on any atom is -0.446 e. The highest BCUT2D eigenvalue weighted by atomic mass is 16.6. The molecule has 1 aliphatic rings. The largest absolute Gasteiger partial charge is 0.446 e. The van der Waals surface area contributed by atoms with Crippen LogP contribution in [0.4, 0.5) is 4.79 Å². The normalized spacial score (nSPS) is 17.7. The van der Waals surface area contributed by atoms with Crippen LogP contribution >= 0.6 is 0 Å². The molecule has 0 bridgehead atoms. The molecule has 1 fully saturated rings. The Morgan fingerprint density at radius 1 is 1.04 bits per heavy atom. The van der Waals surface area contributed by atoms with Crippen molar-refractivity contribution >= 4 is 22.8 Å². The highest BCUT2D eigenvalue weighted by Gasteiger charge is 2.39. The Morgan fingerprint density at radius 3 is 2.52 bits per heavy atom. The molecule has 0 spiro atoms. The van der Waals surface area contributed by atoms with Crippen LogP contribution in [0.25, 0.3) is 10.8 Å². The van der Waals surface area contributed by atoms with Crippen molar-refractivity contribution in [2.75, 3.05) is 6.61 Å². The lowest BCUT2D eigenvalue weighted by Gasteiger charge is -2.22. The first-order chi connectivity index (χ1) is 13.1. The van der Waals surface area contributed by atoms with Gasteiger partial charge >= 0.3 is 6.09 Å². The quantitative estimate of drug-likeness (QED) is 0.654. The lowest BCUT2D eigenvalue weighted by molar-refractivity contribution is -0.129. The molecule has 2 atom stereocenters. The Kier molecular flexibility index (Phi) is 4.63. The Labute approximate surface area is 158 Å². The van der Waals surface area contributed by atoms with Crippen LogP contribution < -0.4 is 0 Å². The second-order valence-corrected chi connectivity index (χ2v) is 6.98. The van der Waals surface area contributed by atoms with Crippen molar-refractivity contribution in [3.05, 3.63) is 83.9 Å². The number of fused-ring (bicyclic) bond motifs is 1. The standard InChI is InChI=1S/C23H21NO3/c1-16(19-12-11-17-7-5-6-10-20(17)14-19)13-22(25)24-21(15-27-23(24)26)18-8-3-2-4-9-18/h2-12,14,16,21H,13,15H2,1H3. The van der Waals surface area contributed by atoms with Gasteiger partial charge in [-0.15, -0.1) is 0 Å². The highest BCUT2D eigenvalue weighted by Crippen LogP contribution is 2.31. The molecule has 136 valence electrons. The minimum absolute atomic E-state index is 0.00642. The summed E-state index contributed by atoms with van der Waals surface area (Å²) in [7, 11) is 0. The van der Waals surface area contributed by atoms with Crippen molar-refractivity contribution < 1.29 is 14.3 Å². The number of hydrogen-bond acceptors (Lipinski definition) is 3. The van der Waals surface area contributed by atoms with Gasteiger partial charge in [-0.05, 0) is 27.8 Å². The third-order valence-corrected chi connectivity index (χ3v) is 5.15. The van der Waals surface area contributed by atoms with Crippen molar-refractivity contribution in [3.8, 4) is 0 Å². The zero-order chi connectivity index (χ0) is 18.8. The molecule has 0 aliphatic carbocycles. The molecule has 4 heteroatoms. The number of carbonyl (C=O) groups excluding carboxylic acids is 2. The molecule has 3 aromatic carbocycles. The first-order valence-corrected chi connectivity index (χ1v) is 9.16. The molecule has 1 saturated heterocycles. The van der Waals surface area contributed by atoms with Crippen molar-refractivity contribution in [2.24, 2.45) is 0 Å². The van der Waals surface area contributed by atoms with Crippen molar-refractivity contribution in [1.82, 2.24) is 4.90 Å². The van der Waals surface area contributed by atoms with E-state index in [0.29, 0.717) is 0 Å².